The van der Waals surface area contributed by atoms with Gasteiger partial charge in [0, 0.05) is 25.2 Å². The largest absolute Gasteiger partial charge is 0.306 e. The zero-order valence-electron chi connectivity index (χ0n) is 11.1. The number of nitrogens with one attached hydrogen (secondary N) is 1. The molecule has 0 atom stereocenters. The van der Waals surface area contributed by atoms with Crippen molar-refractivity contribution in [1.29, 1.82) is 0 Å². The Morgan fingerprint density at radius 3 is 2.95 bits per heavy atom. The van der Waals surface area contributed by atoms with E-state index in [1.54, 1.807) is 18.6 Å². The minimum atomic E-state index is -3.71. The number of rotatable bonds is 5. The topological polar surface area (TPSA) is 92.7 Å². The number of aromatic nitrogens is 2. The second-order valence-electron chi connectivity index (χ2n) is 4.36. The van der Waals surface area contributed by atoms with Gasteiger partial charge < -0.3 is 5.43 Å². The van der Waals surface area contributed by atoms with Crippen molar-refractivity contribution >= 4 is 43.5 Å². The monoisotopic (exact) mass is 343 g/mol. The highest BCUT2D eigenvalue weighted by atomic mass is 32.2. The van der Waals surface area contributed by atoms with Gasteiger partial charge in [0.25, 0.3) is 10.0 Å². The third-order valence-electron chi connectivity index (χ3n) is 2.99. The number of hydrogen-bond acceptors (Lipinski definition) is 7. The van der Waals surface area contributed by atoms with E-state index in [0.29, 0.717) is 11.5 Å². The van der Waals surface area contributed by atoms with E-state index in [-0.39, 0.29) is 10.8 Å². The molecule has 0 spiro atoms. The molecule has 0 aliphatic rings. The summed E-state index contributed by atoms with van der Waals surface area (Å²) < 4.78 is 28.4. The first kappa shape index (κ1) is 14.5. The molecule has 0 bridgehead atoms. The first-order valence-corrected chi connectivity index (χ1v) is 9.20. The van der Waals surface area contributed by atoms with Gasteiger partial charge in [0.1, 0.15) is 0 Å². The zero-order chi connectivity index (χ0) is 15.0. The van der Waals surface area contributed by atoms with Crippen molar-refractivity contribution in [3.8, 4) is 0 Å². The first-order chi connectivity index (χ1) is 10.0. The number of hydrazine groups is 1. The van der Waals surface area contributed by atoms with Crippen LogP contribution >= 0.6 is 22.7 Å². The van der Waals surface area contributed by atoms with Crippen LogP contribution in [0, 0.1) is 0 Å². The Hall–Kier alpha value is -1.46. The highest BCUT2D eigenvalue weighted by Gasteiger charge is 2.29. The van der Waals surface area contributed by atoms with E-state index in [2.05, 4.69) is 10.4 Å². The van der Waals surface area contributed by atoms with Crippen LogP contribution in [0.1, 0.15) is 5.56 Å². The van der Waals surface area contributed by atoms with Gasteiger partial charge in [-0.1, -0.05) is 0 Å². The van der Waals surface area contributed by atoms with Gasteiger partial charge in [0.2, 0.25) is 5.03 Å². The molecule has 112 valence electrons. The minimum absolute atomic E-state index is 0.0546. The quantitative estimate of drug-likeness (QED) is 0.542. The average Bonchev–Trinajstić information content (AvgIpc) is 3.13. The fourth-order valence-electron chi connectivity index (χ4n) is 1.98. The molecule has 0 amide bonds. The maximum absolute atomic E-state index is 12.8. The molecule has 0 aliphatic carbocycles. The molecular formula is C11H13N5O2S3. The molecule has 0 aliphatic heterocycles. The van der Waals surface area contributed by atoms with Crippen LogP contribution in [0.4, 0.5) is 5.82 Å². The highest BCUT2D eigenvalue weighted by Crippen LogP contribution is 2.28. The molecule has 0 aromatic carbocycles. The van der Waals surface area contributed by atoms with E-state index >= 15 is 0 Å². The van der Waals surface area contributed by atoms with E-state index in [0.717, 1.165) is 5.56 Å². The molecule has 3 heterocycles. The van der Waals surface area contributed by atoms with Gasteiger partial charge in [0.15, 0.2) is 10.8 Å². The van der Waals surface area contributed by atoms with Crippen molar-refractivity contribution in [3.63, 3.8) is 0 Å². The van der Waals surface area contributed by atoms with Crippen molar-refractivity contribution in [2.75, 3.05) is 12.5 Å². The summed E-state index contributed by atoms with van der Waals surface area (Å²) in [4.78, 5) is 4.75. The van der Waals surface area contributed by atoms with Crippen LogP contribution in [-0.4, -0.2) is 29.2 Å². The fourth-order valence-corrected chi connectivity index (χ4v) is 4.77. The standard InChI is InChI=1S/C11H13N5O2S3/c1-15(6-8-2-4-19-7-8)21(17,18)10-9(14-12)13-11-16(10)3-5-20-11/h2-5,7,14H,6,12H2,1H3. The maximum atomic E-state index is 12.8. The normalized spacial score (nSPS) is 12.3. The van der Waals surface area contributed by atoms with Gasteiger partial charge in [-0.2, -0.15) is 20.6 Å². The predicted octanol–water partition coefficient (Wildman–Crippen LogP) is 1.56. The van der Waals surface area contributed by atoms with E-state index in [4.69, 9.17) is 5.84 Å². The van der Waals surface area contributed by atoms with Gasteiger partial charge in [-0.25, -0.2) is 14.3 Å². The predicted molar refractivity (Wildman–Crippen MR) is 83.9 cm³/mol. The second kappa shape index (κ2) is 5.39. The van der Waals surface area contributed by atoms with Gasteiger partial charge in [-0.15, -0.1) is 11.3 Å². The average molecular weight is 343 g/mol. The number of thiophene rings is 1. The number of nitrogens with two attached hydrogens (primary N) is 1. The number of hydrogen-bond donors (Lipinski definition) is 2. The van der Waals surface area contributed by atoms with Crippen LogP contribution in [0.15, 0.2) is 33.4 Å². The molecule has 0 saturated heterocycles. The fraction of sp³-hybridized carbons (Fsp3) is 0.182. The number of nitrogens with zero attached hydrogens (tertiary/aromatic N) is 3. The van der Waals surface area contributed by atoms with Crippen molar-refractivity contribution in [3.05, 3.63) is 34.0 Å². The van der Waals surface area contributed by atoms with Crippen LogP contribution in [0.2, 0.25) is 0 Å². The molecule has 3 rings (SSSR count). The van der Waals surface area contributed by atoms with Gasteiger partial charge in [-0.05, 0) is 22.4 Å². The summed E-state index contributed by atoms with van der Waals surface area (Å²) in [6.45, 7) is 0.299. The van der Waals surface area contributed by atoms with E-state index in [1.807, 2.05) is 16.8 Å². The Morgan fingerprint density at radius 2 is 2.29 bits per heavy atom. The van der Waals surface area contributed by atoms with Gasteiger partial charge in [-0.3, -0.25) is 4.40 Å². The summed E-state index contributed by atoms with van der Waals surface area (Å²) in [5.41, 5.74) is 3.31. The number of anilines is 1. The Bertz CT molecular complexity index is 850. The van der Waals surface area contributed by atoms with Crippen LogP contribution in [0.3, 0.4) is 0 Å². The van der Waals surface area contributed by atoms with Crippen LogP contribution < -0.4 is 11.3 Å². The number of imidazole rings is 1. The van der Waals surface area contributed by atoms with Gasteiger partial charge >= 0.3 is 0 Å². The summed E-state index contributed by atoms with van der Waals surface area (Å²) in [5.74, 6) is 5.56. The molecule has 3 aromatic rings. The van der Waals surface area contributed by atoms with Crippen LogP contribution in [0.25, 0.3) is 4.96 Å². The molecule has 0 fully saturated rings. The first-order valence-electron chi connectivity index (χ1n) is 5.93. The Labute approximate surface area is 129 Å². The lowest BCUT2D eigenvalue weighted by molar-refractivity contribution is 0.464. The smallest absolute Gasteiger partial charge is 0.263 e. The third-order valence-corrected chi connectivity index (χ3v) is 6.31. The molecule has 3 aromatic heterocycles. The Kier molecular flexibility index (Phi) is 3.71. The Morgan fingerprint density at radius 1 is 1.48 bits per heavy atom. The lowest BCUT2D eigenvalue weighted by Gasteiger charge is -2.16. The lowest BCUT2D eigenvalue weighted by atomic mass is 10.3. The summed E-state index contributed by atoms with van der Waals surface area (Å²) >= 11 is 2.88. The molecule has 0 saturated carbocycles. The van der Waals surface area contributed by atoms with Crippen LogP contribution in [0.5, 0.6) is 0 Å². The van der Waals surface area contributed by atoms with Crippen molar-refractivity contribution in [2.24, 2.45) is 5.84 Å². The molecule has 0 unspecified atom stereocenters. The number of sulfonamides is 1. The van der Waals surface area contributed by atoms with E-state index in [1.165, 1.54) is 31.4 Å². The van der Waals surface area contributed by atoms with Crippen LogP contribution in [-0.2, 0) is 16.6 Å². The zero-order valence-corrected chi connectivity index (χ0v) is 13.5. The molecular weight excluding hydrogens is 330 g/mol. The minimum Gasteiger partial charge on any atom is -0.306 e. The highest BCUT2D eigenvalue weighted by molar-refractivity contribution is 7.89. The molecule has 7 nitrogen and oxygen atoms in total. The van der Waals surface area contributed by atoms with Crippen molar-refractivity contribution < 1.29 is 8.42 Å². The van der Waals surface area contributed by atoms with E-state index in [9.17, 15) is 8.42 Å². The molecule has 3 N–H and O–H groups in total. The number of fused-ring (bicyclic) bond motifs is 1. The summed E-state index contributed by atoms with van der Waals surface area (Å²) in [6, 6.07) is 1.90. The Balaban J connectivity index is 2.05. The SMILES string of the molecule is CN(Cc1ccsc1)S(=O)(=O)c1c(NN)nc2sccn12. The van der Waals surface area contributed by atoms with Crippen molar-refractivity contribution in [2.45, 2.75) is 11.6 Å². The van der Waals surface area contributed by atoms with Crippen molar-refractivity contribution in [1.82, 2.24) is 13.7 Å². The molecule has 10 heteroatoms. The molecule has 21 heavy (non-hydrogen) atoms. The third kappa shape index (κ3) is 2.45. The maximum Gasteiger partial charge on any atom is 0.263 e. The summed E-state index contributed by atoms with van der Waals surface area (Å²) in [7, 11) is -2.17. The van der Waals surface area contributed by atoms with E-state index < -0.39 is 10.0 Å². The summed E-state index contributed by atoms with van der Waals surface area (Å²) in [6.07, 6.45) is 1.67. The summed E-state index contributed by atoms with van der Waals surface area (Å²) in [5, 5.41) is 5.67. The molecule has 0 radical (unpaired) electrons. The number of thiazole rings is 1. The lowest BCUT2D eigenvalue weighted by Crippen LogP contribution is -2.28. The van der Waals surface area contributed by atoms with Gasteiger partial charge in [0.05, 0.1) is 0 Å². The second-order valence-corrected chi connectivity index (χ2v) is 7.97. The number of nitrogen functional groups attached to an aromatic ring is 1.